The number of carboxylic acid groups (broad SMARTS) is 1. The Bertz CT molecular complexity index is 557. The second-order valence-electron chi connectivity index (χ2n) is 3.14. The molecule has 0 aliphatic heterocycles. The monoisotopic (exact) mass is 221 g/mol. The maximum absolute atomic E-state index is 10.8. The molecule has 0 saturated heterocycles. The number of fused-ring (bicyclic) bond motifs is 1. The van der Waals surface area contributed by atoms with Crippen molar-refractivity contribution in [3.63, 3.8) is 0 Å². The van der Waals surface area contributed by atoms with Crippen molar-refractivity contribution in [2.45, 2.75) is 0 Å². The lowest BCUT2D eigenvalue weighted by atomic mass is 10.1. The van der Waals surface area contributed by atoms with Gasteiger partial charge in [0, 0.05) is 16.5 Å². The molecule has 0 amide bonds. The van der Waals surface area contributed by atoms with Gasteiger partial charge >= 0.3 is 5.97 Å². The molecule has 0 fully saturated rings. The number of nitrogens with one attached hydrogen (secondary N) is 1. The molecule has 0 unspecified atom stereocenters. The molecule has 0 bridgehead atoms. The number of para-hydroxylation sites is 1. The first-order valence-corrected chi connectivity index (χ1v) is 4.68. The minimum atomic E-state index is -1.07. The number of carbonyl (C=O) groups is 1. The molecule has 2 rings (SSSR count). The fourth-order valence-corrected chi connectivity index (χ4v) is 1.83. The maximum atomic E-state index is 10.8. The predicted octanol–water partition coefficient (Wildman–Crippen LogP) is 2.92. The Balaban J connectivity index is 2.74. The number of hydrogen-bond donors (Lipinski definition) is 2. The van der Waals surface area contributed by atoms with E-state index in [1.807, 2.05) is 18.2 Å². The molecule has 1 heterocycles. The smallest absolute Gasteiger partial charge is 0.335 e. The van der Waals surface area contributed by atoms with Gasteiger partial charge in [-0.15, -0.1) is 0 Å². The van der Waals surface area contributed by atoms with E-state index in [4.69, 9.17) is 16.7 Å². The van der Waals surface area contributed by atoms with Crippen LogP contribution in [0.5, 0.6) is 0 Å². The number of rotatable bonds is 2. The van der Waals surface area contributed by atoms with Gasteiger partial charge in [-0.3, -0.25) is 0 Å². The first-order valence-electron chi connectivity index (χ1n) is 4.30. The molecule has 1 aromatic heterocycles. The van der Waals surface area contributed by atoms with Gasteiger partial charge in [-0.2, -0.15) is 0 Å². The molecule has 0 radical (unpaired) electrons. The van der Waals surface area contributed by atoms with Crippen molar-refractivity contribution in [1.82, 2.24) is 4.98 Å². The zero-order valence-electron chi connectivity index (χ0n) is 7.75. The van der Waals surface area contributed by atoms with Gasteiger partial charge in [-0.25, -0.2) is 4.79 Å². The average Bonchev–Trinajstić information content (AvgIpc) is 2.52. The fourth-order valence-electron chi connectivity index (χ4n) is 1.51. The standard InChI is InChI=1S/C11H8ClNO2/c1-6(11(14)15)9-7-4-2-3-5-8(7)13-10(9)12/h2-5,13H,1H2,(H,14,15). The Morgan fingerprint density at radius 1 is 1.40 bits per heavy atom. The van der Waals surface area contributed by atoms with Crippen molar-refractivity contribution in [2.75, 3.05) is 0 Å². The Hall–Kier alpha value is -1.74. The summed E-state index contributed by atoms with van der Waals surface area (Å²) in [5, 5.41) is 9.95. The summed E-state index contributed by atoms with van der Waals surface area (Å²) in [5.41, 5.74) is 1.26. The summed E-state index contributed by atoms with van der Waals surface area (Å²) in [7, 11) is 0. The Morgan fingerprint density at radius 2 is 2.07 bits per heavy atom. The molecule has 2 aromatic rings. The van der Waals surface area contributed by atoms with E-state index in [2.05, 4.69) is 11.6 Å². The molecule has 4 heteroatoms. The highest BCUT2D eigenvalue weighted by atomic mass is 35.5. The number of hydrogen-bond acceptors (Lipinski definition) is 1. The van der Waals surface area contributed by atoms with Gasteiger partial charge in [0.15, 0.2) is 0 Å². The van der Waals surface area contributed by atoms with Gasteiger partial charge in [-0.1, -0.05) is 36.4 Å². The number of aromatic nitrogens is 1. The van der Waals surface area contributed by atoms with Crippen molar-refractivity contribution >= 4 is 34.0 Å². The molecular weight excluding hydrogens is 214 g/mol. The van der Waals surface area contributed by atoms with E-state index in [-0.39, 0.29) is 5.57 Å². The second kappa shape index (κ2) is 3.44. The Morgan fingerprint density at radius 3 is 2.73 bits per heavy atom. The van der Waals surface area contributed by atoms with Crippen LogP contribution in [0.3, 0.4) is 0 Å². The minimum absolute atomic E-state index is 0.00236. The van der Waals surface area contributed by atoms with Gasteiger partial charge in [-0.05, 0) is 6.07 Å². The molecule has 76 valence electrons. The first-order chi connectivity index (χ1) is 7.11. The predicted molar refractivity (Wildman–Crippen MR) is 60.0 cm³/mol. The van der Waals surface area contributed by atoms with Gasteiger partial charge in [0.2, 0.25) is 0 Å². The molecule has 0 spiro atoms. The molecule has 0 aliphatic carbocycles. The molecule has 2 N–H and O–H groups in total. The lowest BCUT2D eigenvalue weighted by molar-refractivity contribution is -0.130. The molecule has 3 nitrogen and oxygen atoms in total. The Kier molecular flexibility index (Phi) is 2.25. The third kappa shape index (κ3) is 1.51. The van der Waals surface area contributed by atoms with Crippen LogP contribution in [-0.4, -0.2) is 16.1 Å². The largest absolute Gasteiger partial charge is 0.478 e. The summed E-state index contributed by atoms with van der Waals surface area (Å²) >= 11 is 5.93. The normalized spacial score (nSPS) is 10.5. The van der Waals surface area contributed by atoms with Crippen LogP contribution >= 0.6 is 11.6 Å². The number of aliphatic carboxylic acids is 1. The van der Waals surface area contributed by atoms with Gasteiger partial charge < -0.3 is 10.1 Å². The van der Waals surface area contributed by atoms with Crippen molar-refractivity contribution in [3.05, 3.63) is 41.6 Å². The third-order valence-electron chi connectivity index (χ3n) is 2.22. The van der Waals surface area contributed by atoms with Crippen LogP contribution in [0.4, 0.5) is 0 Å². The number of aromatic amines is 1. The topological polar surface area (TPSA) is 53.1 Å². The van der Waals surface area contributed by atoms with Crippen LogP contribution < -0.4 is 0 Å². The number of carboxylic acids is 1. The highest BCUT2D eigenvalue weighted by molar-refractivity contribution is 6.35. The summed E-state index contributed by atoms with van der Waals surface area (Å²) in [5.74, 6) is -1.07. The first kappa shape index (κ1) is 9.80. The molecule has 1 aromatic carbocycles. The second-order valence-corrected chi connectivity index (χ2v) is 3.52. The molecule has 0 saturated carbocycles. The average molecular weight is 222 g/mol. The summed E-state index contributed by atoms with van der Waals surface area (Å²) in [6.07, 6.45) is 0. The number of H-pyrrole nitrogens is 1. The SMILES string of the molecule is C=C(C(=O)O)c1c(Cl)[nH]c2ccccc12. The summed E-state index contributed by atoms with van der Waals surface area (Å²) in [4.78, 5) is 13.7. The molecule has 0 aliphatic rings. The van der Waals surface area contributed by atoms with Crippen LogP contribution in [-0.2, 0) is 4.79 Å². The summed E-state index contributed by atoms with van der Waals surface area (Å²) in [6, 6.07) is 7.31. The van der Waals surface area contributed by atoms with E-state index < -0.39 is 5.97 Å². The lowest BCUT2D eigenvalue weighted by Crippen LogP contribution is -1.97. The van der Waals surface area contributed by atoms with Crippen LogP contribution in [0.2, 0.25) is 5.15 Å². The third-order valence-corrected chi connectivity index (χ3v) is 2.50. The highest BCUT2D eigenvalue weighted by Crippen LogP contribution is 2.31. The van der Waals surface area contributed by atoms with Gasteiger partial charge in [0.05, 0.1) is 5.57 Å². The van der Waals surface area contributed by atoms with Crippen LogP contribution in [0, 0.1) is 0 Å². The number of benzene rings is 1. The van der Waals surface area contributed by atoms with Crippen molar-refractivity contribution < 1.29 is 9.90 Å². The highest BCUT2D eigenvalue weighted by Gasteiger charge is 2.16. The van der Waals surface area contributed by atoms with E-state index in [1.54, 1.807) is 6.07 Å². The van der Waals surface area contributed by atoms with E-state index in [0.29, 0.717) is 10.7 Å². The minimum Gasteiger partial charge on any atom is -0.478 e. The maximum Gasteiger partial charge on any atom is 0.335 e. The van der Waals surface area contributed by atoms with Crippen molar-refractivity contribution in [3.8, 4) is 0 Å². The van der Waals surface area contributed by atoms with Crippen LogP contribution in [0.1, 0.15) is 5.56 Å². The molecule has 0 atom stereocenters. The van der Waals surface area contributed by atoms with Gasteiger partial charge in [0.25, 0.3) is 0 Å². The van der Waals surface area contributed by atoms with E-state index in [9.17, 15) is 4.79 Å². The lowest BCUT2D eigenvalue weighted by Gasteiger charge is -1.98. The summed E-state index contributed by atoms with van der Waals surface area (Å²) < 4.78 is 0. The zero-order valence-corrected chi connectivity index (χ0v) is 8.51. The van der Waals surface area contributed by atoms with Gasteiger partial charge in [0.1, 0.15) is 5.15 Å². The quantitative estimate of drug-likeness (QED) is 0.766. The Labute approximate surface area is 91.0 Å². The zero-order chi connectivity index (χ0) is 11.0. The van der Waals surface area contributed by atoms with Crippen molar-refractivity contribution in [1.29, 1.82) is 0 Å². The van der Waals surface area contributed by atoms with Crippen LogP contribution in [0.25, 0.3) is 16.5 Å². The molecular formula is C11H8ClNO2. The van der Waals surface area contributed by atoms with Crippen molar-refractivity contribution in [2.24, 2.45) is 0 Å². The summed E-state index contributed by atoms with van der Waals surface area (Å²) in [6.45, 7) is 3.50. The van der Waals surface area contributed by atoms with E-state index in [1.165, 1.54) is 0 Å². The molecule has 15 heavy (non-hydrogen) atoms. The van der Waals surface area contributed by atoms with E-state index in [0.717, 1.165) is 10.9 Å². The van der Waals surface area contributed by atoms with E-state index >= 15 is 0 Å². The fraction of sp³-hybridized carbons (Fsp3) is 0. The number of halogens is 1. The van der Waals surface area contributed by atoms with Crippen LogP contribution in [0.15, 0.2) is 30.8 Å².